The van der Waals surface area contributed by atoms with Gasteiger partial charge in [-0.05, 0) is 80.9 Å². The second-order valence-corrected chi connectivity index (χ2v) is 9.22. The van der Waals surface area contributed by atoms with E-state index in [0.29, 0.717) is 17.1 Å². The van der Waals surface area contributed by atoms with Gasteiger partial charge in [0.05, 0.1) is 0 Å². The number of hydrogen-bond donors (Lipinski definition) is 1. The number of aryl methyl sites for hydroxylation is 1. The Morgan fingerprint density at radius 3 is 2.53 bits per heavy atom. The first-order valence-corrected chi connectivity index (χ1v) is 11.2. The SMILES string of the molecule is Cc1ccc(-c2nnn(CC(=O)N(c3cccc(F)c3)C(C(=O)NC(C)(C)C)c3ccncc3)n2)o1. The van der Waals surface area contributed by atoms with E-state index in [1.807, 2.05) is 20.8 Å². The summed E-state index contributed by atoms with van der Waals surface area (Å²) in [6, 6.07) is 11.1. The molecule has 0 spiro atoms. The van der Waals surface area contributed by atoms with Crippen LogP contribution < -0.4 is 10.2 Å². The molecule has 4 rings (SSSR count). The number of pyridine rings is 1. The number of carbonyl (C=O) groups is 2. The molecule has 2 amide bonds. The third-order valence-electron chi connectivity index (χ3n) is 5.07. The molecule has 0 saturated carbocycles. The van der Waals surface area contributed by atoms with Gasteiger partial charge in [0, 0.05) is 23.6 Å². The van der Waals surface area contributed by atoms with Gasteiger partial charge in [-0.3, -0.25) is 19.5 Å². The number of halogens is 1. The molecule has 10 nitrogen and oxygen atoms in total. The maximum absolute atomic E-state index is 14.3. The zero-order valence-electron chi connectivity index (χ0n) is 20.3. The number of anilines is 1. The fraction of sp³-hybridized carbons (Fsp3) is 0.280. The van der Waals surface area contributed by atoms with Gasteiger partial charge in [-0.2, -0.15) is 4.80 Å². The van der Waals surface area contributed by atoms with Crippen LogP contribution in [0.3, 0.4) is 0 Å². The molecule has 0 aliphatic heterocycles. The van der Waals surface area contributed by atoms with E-state index in [2.05, 4.69) is 25.7 Å². The molecule has 0 aliphatic rings. The maximum Gasteiger partial charge on any atom is 0.251 e. The van der Waals surface area contributed by atoms with Crippen molar-refractivity contribution in [2.24, 2.45) is 0 Å². The molecule has 0 radical (unpaired) electrons. The summed E-state index contributed by atoms with van der Waals surface area (Å²) in [5, 5.41) is 15.1. The Labute approximate surface area is 207 Å². The van der Waals surface area contributed by atoms with Gasteiger partial charge < -0.3 is 9.73 Å². The Bertz CT molecular complexity index is 1360. The van der Waals surface area contributed by atoms with Crippen LogP contribution in [0.5, 0.6) is 0 Å². The van der Waals surface area contributed by atoms with Gasteiger partial charge in [-0.1, -0.05) is 6.07 Å². The zero-order chi connectivity index (χ0) is 25.9. The summed E-state index contributed by atoms with van der Waals surface area (Å²) in [6.07, 6.45) is 3.05. The lowest BCUT2D eigenvalue weighted by Gasteiger charge is -2.33. The first-order valence-electron chi connectivity index (χ1n) is 11.2. The standard InChI is InChI=1S/C25H26FN7O3/c1-16-8-9-20(36-16)23-29-31-32(30-23)15-21(34)33(19-7-5-6-18(26)14-19)22(17-10-12-27-13-11-17)24(35)28-25(2,3)4/h5-14,22H,15H2,1-4H3,(H,28,35). The Kier molecular flexibility index (Phi) is 6.91. The van der Waals surface area contributed by atoms with E-state index in [-0.39, 0.29) is 18.1 Å². The molecule has 1 N–H and O–H groups in total. The monoisotopic (exact) mass is 491 g/mol. The van der Waals surface area contributed by atoms with E-state index in [1.54, 1.807) is 37.3 Å². The molecular weight excluding hydrogens is 465 g/mol. The number of carbonyl (C=O) groups excluding carboxylic acids is 2. The van der Waals surface area contributed by atoms with Gasteiger partial charge in [-0.25, -0.2) is 4.39 Å². The number of nitrogens with one attached hydrogen (secondary N) is 1. The highest BCUT2D eigenvalue weighted by molar-refractivity contribution is 6.01. The van der Waals surface area contributed by atoms with Crippen LogP contribution in [0.1, 0.15) is 38.1 Å². The van der Waals surface area contributed by atoms with Crippen LogP contribution in [-0.2, 0) is 16.1 Å². The van der Waals surface area contributed by atoms with Gasteiger partial charge in [-0.15, -0.1) is 10.2 Å². The summed E-state index contributed by atoms with van der Waals surface area (Å²) in [5.41, 5.74) is 0.123. The summed E-state index contributed by atoms with van der Waals surface area (Å²) in [5.74, 6) is -0.239. The van der Waals surface area contributed by atoms with Crippen LogP contribution in [0.25, 0.3) is 11.6 Å². The van der Waals surface area contributed by atoms with E-state index >= 15 is 0 Å². The molecule has 4 aromatic rings. The van der Waals surface area contributed by atoms with E-state index in [1.165, 1.54) is 35.5 Å². The van der Waals surface area contributed by atoms with Crippen molar-refractivity contribution in [2.75, 3.05) is 4.90 Å². The molecule has 1 aromatic carbocycles. The second kappa shape index (κ2) is 10.1. The minimum absolute atomic E-state index is 0.202. The number of hydrogen-bond acceptors (Lipinski definition) is 7. The van der Waals surface area contributed by atoms with Crippen molar-refractivity contribution in [1.82, 2.24) is 30.5 Å². The summed E-state index contributed by atoms with van der Waals surface area (Å²) in [4.78, 5) is 33.6. The average Bonchev–Trinajstić information content (AvgIpc) is 3.45. The Balaban J connectivity index is 1.73. The normalized spacial score (nSPS) is 12.2. The smallest absolute Gasteiger partial charge is 0.251 e. The number of rotatable bonds is 7. The van der Waals surface area contributed by atoms with E-state index in [9.17, 15) is 14.0 Å². The third kappa shape index (κ3) is 5.80. The first kappa shape index (κ1) is 24.7. The number of furan rings is 1. The minimum Gasteiger partial charge on any atom is -0.458 e. The van der Waals surface area contributed by atoms with Crippen LogP contribution in [0.4, 0.5) is 10.1 Å². The molecule has 186 valence electrons. The molecule has 3 heterocycles. The quantitative estimate of drug-likeness (QED) is 0.420. The predicted molar refractivity (Wildman–Crippen MR) is 129 cm³/mol. The molecule has 0 saturated heterocycles. The Morgan fingerprint density at radius 2 is 1.89 bits per heavy atom. The summed E-state index contributed by atoms with van der Waals surface area (Å²) in [7, 11) is 0. The van der Waals surface area contributed by atoms with Crippen molar-refractivity contribution in [1.29, 1.82) is 0 Å². The predicted octanol–water partition coefficient (Wildman–Crippen LogP) is 3.46. The van der Waals surface area contributed by atoms with Crippen molar-refractivity contribution >= 4 is 17.5 Å². The largest absolute Gasteiger partial charge is 0.458 e. The van der Waals surface area contributed by atoms with Gasteiger partial charge >= 0.3 is 0 Å². The van der Waals surface area contributed by atoms with Crippen LogP contribution in [-0.4, -0.2) is 42.5 Å². The first-order chi connectivity index (χ1) is 17.1. The zero-order valence-corrected chi connectivity index (χ0v) is 20.3. The lowest BCUT2D eigenvalue weighted by Crippen LogP contribution is -2.50. The van der Waals surface area contributed by atoms with Crippen molar-refractivity contribution < 1.29 is 18.4 Å². The van der Waals surface area contributed by atoms with Gasteiger partial charge in [0.25, 0.3) is 5.91 Å². The van der Waals surface area contributed by atoms with Gasteiger partial charge in [0.1, 0.15) is 24.2 Å². The van der Waals surface area contributed by atoms with Gasteiger partial charge in [0.15, 0.2) is 5.76 Å². The fourth-order valence-corrected chi connectivity index (χ4v) is 3.63. The van der Waals surface area contributed by atoms with Crippen LogP contribution in [0, 0.1) is 12.7 Å². The number of amides is 2. The highest BCUT2D eigenvalue weighted by atomic mass is 19.1. The van der Waals surface area contributed by atoms with E-state index < -0.39 is 29.2 Å². The summed E-state index contributed by atoms with van der Waals surface area (Å²) >= 11 is 0. The molecule has 0 bridgehead atoms. The molecule has 3 aromatic heterocycles. The van der Waals surface area contributed by atoms with Crippen molar-refractivity contribution in [3.05, 3.63) is 78.1 Å². The van der Waals surface area contributed by atoms with Crippen LogP contribution >= 0.6 is 0 Å². The molecule has 0 fully saturated rings. The Morgan fingerprint density at radius 1 is 1.14 bits per heavy atom. The molecule has 11 heteroatoms. The topological polar surface area (TPSA) is 119 Å². The molecule has 0 aliphatic carbocycles. The lowest BCUT2D eigenvalue weighted by molar-refractivity contribution is -0.128. The van der Waals surface area contributed by atoms with Crippen molar-refractivity contribution in [3.8, 4) is 11.6 Å². The van der Waals surface area contributed by atoms with Crippen LogP contribution in [0.2, 0.25) is 0 Å². The minimum atomic E-state index is -1.11. The number of benzene rings is 1. The molecule has 1 unspecified atom stereocenters. The number of nitrogens with zero attached hydrogens (tertiary/aromatic N) is 6. The highest BCUT2D eigenvalue weighted by Crippen LogP contribution is 2.29. The molecule has 1 atom stereocenters. The average molecular weight is 492 g/mol. The maximum atomic E-state index is 14.3. The highest BCUT2D eigenvalue weighted by Gasteiger charge is 2.35. The number of tetrazole rings is 1. The third-order valence-corrected chi connectivity index (χ3v) is 5.07. The summed E-state index contributed by atoms with van der Waals surface area (Å²) < 4.78 is 19.8. The van der Waals surface area contributed by atoms with Crippen molar-refractivity contribution in [2.45, 2.75) is 45.8 Å². The second-order valence-electron chi connectivity index (χ2n) is 9.22. The summed E-state index contributed by atoms with van der Waals surface area (Å²) in [6.45, 7) is 6.93. The lowest BCUT2D eigenvalue weighted by atomic mass is 10.0. The fourth-order valence-electron chi connectivity index (χ4n) is 3.63. The Hall–Kier alpha value is -4.41. The molecular formula is C25H26FN7O3. The molecule has 36 heavy (non-hydrogen) atoms. The van der Waals surface area contributed by atoms with E-state index in [0.717, 1.165) is 4.80 Å². The number of aromatic nitrogens is 5. The van der Waals surface area contributed by atoms with E-state index in [4.69, 9.17) is 4.42 Å². The van der Waals surface area contributed by atoms with Gasteiger partial charge in [0.2, 0.25) is 11.7 Å². The van der Waals surface area contributed by atoms with Crippen LogP contribution in [0.15, 0.2) is 65.3 Å². The van der Waals surface area contributed by atoms with Crippen molar-refractivity contribution in [3.63, 3.8) is 0 Å².